The van der Waals surface area contributed by atoms with Crippen molar-refractivity contribution in [2.24, 2.45) is 0 Å². The van der Waals surface area contributed by atoms with Crippen LogP contribution in [0.4, 0.5) is 11.6 Å². The molecule has 2 heterocycles. The number of hydrogen-bond acceptors (Lipinski definition) is 5. The van der Waals surface area contributed by atoms with E-state index >= 15 is 0 Å². The lowest BCUT2D eigenvalue weighted by molar-refractivity contribution is -0.129. The maximum atomic E-state index is 12.0. The number of aromatic nitrogens is 2. The maximum absolute atomic E-state index is 12.0. The summed E-state index contributed by atoms with van der Waals surface area (Å²) in [4.78, 5) is 22.5. The van der Waals surface area contributed by atoms with E-state index in [1.54, 1.807) is 6.33 Å². The van der Waals surface area contributed by atoms with Gasteiger partial charge < -0.3 is 15.5 Å². The number of carbonyl (C=O) groups excluding carboxylic acids is 1. The van der Waals surface area contributed by atoms with E-state index in [0.29, 0.717) is 13.0 Å². The van der Waals surface area contributed by atoms with Crippen molar-refractivity contribution in [2.75, 3.05) is 37.3 Å². The van der Waals surface area contributed by atoms with Crippen molar-refractivity contribution in [3.63, 3.8) is 0 Å². The van der Waals surface area contributed by atoms with Crippen LogP contribution in [0.2, 0.25) is 0 Å². The van der Waals surface area contributed by atoms with Gasteiger partial charge in [0.05, 0.1) is 0 Å². The van der Waals surface area contributed by atoms with Crippen molar-refractivity contribution < 1.29 is 4.79 Å². The van der Waals surface area contributed by atoms with Crippen LogP contribution in [0.5, 0.6) is 0 Å². The molecule has 0 unspecified atom stereocenters. The number of rotatable bonds is 7. The lowest BCUT2D eigenvalue weighted by atomic mass is 10.1. The van der Waals surface area contributed by atoms with Crippen LogP contribution in [-0.4, -0.2) is 47.5 Å². The van der Waals surface area contributed by atoms with E-state index in [9.17, 15) is 4.79 Å². The molecule has 1 aromatic rings. The smallest absolute Gasteiger partial charge is 0.224 e. The number of amides is 1. The molecular formula is C15H25N5O. The van der Waals surface area contributed by atoms with E-state index in [-0.39, 0.29) is 5.91 Å². The minimum atomic E-state index is 0.236. The Labute approximate surface area is 126 Å². The molecule has 2 rings (SSSR count). The zero-order chi connectivity index (χ0) is 15.1. The summed E-state index contributed by atoms with van der Waals surface area (Å²) in [6.07, 6.45) is 6.29. The first-order chi connectivity index (χ1) is 10.3. The first-order valence-electron chi connectivity index (χ1n) is 7.79. The molecule has 0 aliphatic carbocycles. The Balaban J connectivity index is 1.91. The Morgan fingerprint density at radius 3 is 2.67 bits per heavy atom. The highest BCUT2D eigenvalue weighted by Gasteiger charge is 2.17. The third-order valence-electron chi connectivity index (χ3n) is 3.77. The zero-order valence-electron chi connectivity index (χ0n) is 13.0. The molecule has 1 fully saturated rings. The molecule has 1 aliphatic heterocycles. The predicted molar refractivity (Wildman–Crippen MR) is 84.5 cm³/mol. The Kier molecular flexibility index (Phi) is 5.78. The van der Waals surface area contributed by atoms with Gasteiger partial charge in [0, 0.05) is 38.7 Å². The highest BCUT2D eigenvalue weighted by atomic mass is 16.2. The maximum Gasteiger partial charge on any atom is 0.224 e. The van der Waals surface area contributed by atoms with Crippen molar-refractivity contribution in [3.8, 4) is 0 Å². The van der Waals surface area contributed by atoms with E-state index < -0.39 is 0 Å². The second-order valence-electron chi connectivity index (χ2n) is 5.31. The Morgan fingerprint density at radius 2 is 2.00 bits per heavy atom. The SMILES string of the molecule is CCCc1c(NC)ncnc1NCCC(=O)N1CCCC1. The molecule has 1 aromatic heterocycles. The second-order valence-corrected chi connectivity index (χ2v) is 5.31. The molecule has 6 nitrogen and oxygen atoms in total. The molecule has 21 heavy (non-hydrogen) atoms. The molecule has 0 radical (unpaired) electrons. The van der Waals surface area contributed by atoms with E-state index in [0.717, 1.165) is 56.0 Å². The van der Waals surface area contributed by atoms with Gasteiger partial charge in [-0.2, -0.15) is 0 Å². The molecule has 0 saturated carbocycles. The van der Waals surface area contributed by atoms with Gasteiger partial charge in [-0.15, -0.1) is 0 Å². The summed E-state index contributed by atoms with van der Waals surface area (Å²) in [5.41, 5.74) is 1.09. The minimum Gasteiger partial charge on any atom is -0.373 e. The number of carbonyl (C=O) groups is 1. The van der Waals surface area contributed by atoms with Gasteiger partial charge in [0.2, 0.25) is 5.91 Å². The first kappa shape index (κ1) is 15.5. The standard InChI is InChI=1S/C15H25N5O/c1-3-6-12-14(16-2)18-11-19-15(12)17-8-7-13(21)20-9-4-5-10-20/h11H,3-10H2,1-2H3,(H2,16,17,18,19). The fraction of sp³-hybridized carbons (Fsp3) is 0.667. The molecule has 0 bridgehead atoms. The summed E-state index contributed by atoms with van der Waals surface area (Å²) >= 11 is 0. The van der Waals surface area contributed by atoms with Gasteiger partial charge in [0.15, 0.2) is 0 Å². The summed E-state index contributed by atoms with van der Waals surface area (Å²) in [6, 6.07) is 0. The molecule has 6 heteroatoms. The first-order valence-corrected chi connectivity index (χ1v) is 7.79. The summed E-state index contributed by atoms with van der Waals surface area (Å²) in [7, 11) is 1.86. The molecule has 1 saturated heterocycles. The molecule has 1 amide bonds. The van der Waals surface area contributed by atoms with Gasteiger partial charge in [-0.3, -0.25) is 4.79 Å². The van der Waals surface area contributed by atoms with Crippen LogP contribution in [0.1, 0.15) is 38.2 Å². The molecule has 0 aromatic carbocycles. The van der Waals surface area contributed by atoms with Crippen LogP contribution in [0.25, 0.3) is 0 Å². The van der Waals surface area contributed by atoms with Gasteiger partial charge in [0.25, 0.3) is 0 Å². The highest BCUT2D eigenvalue weighted by Crippen LogP contribution is 2.21. The average molecular weight is 291 g/mol. The summed E-state index contributed by atoms with van der Waals surface area (Å²) in [5.74, 6) is 1.94. The highest BCUT2D eigenvalue weighted by molar-refractivity contribution is 5.77. The van der Waals surface area contributed by atoms with Crippen molar-refractivity contribution in [2.45, 2.75) is 39.0 Å². The molecular weight excluding hydrogens is 266 g/mol. The van der Waals surface area contributed by atoms with Crippen LogP contribution < -0.4 is 10.6 Å². The fourth-order valence-corrected chi connectivity index (χ4v) is 2.68. The van der Waals surface area contributed by atoms with Crippen molar-refractivity contribution in [1.82, 2.24) is 14.9 Å². The van der Waals surface area contributed by atoms with Crippen LogP contribution in [0.3, 0.4) is 0 Å². The van der Waals surface area contributed by atoms with Crippen molar-refractivity contribution in [3.05, 3.63) is 11.9 Å². The largest absolute Gasteiger partial charge is 0.373 e. The molecule has 0 atom stereocenters. The van der Waals surface area contributed by atoms with E-state index in [4.69, 9.17) is 0 Å². The fourth-order valence-electron chi connectivity index (χ4n) is 2.68. The van der Waals surface area contributed by atoms with Crippen molar-refractivity contribution >= 4 is 17.5 Å². The van der Waals surface area contributed by atoms with Gasteiger partial charge in [0.1, 0.15) is 18.0 Å². The Morgan fingerprint density at radius 1 is 1.29 bits per heavy atom. The second kappa shape index (κ2) is 7.81. The number of likely N-dealkylation sites (tertiary alicyclic amines) is 1. The average Bonchev–Trinajstić information content (AvgIpc) is 3.03. The lowest BCUT2D eigenvalue weighted by Crippen LogP contribution is -2.29. The normalized spacial score (nSPS) is 14.3. The number of anilines is 2. The summed E-state index contributed by atoms with van der Waals surface area (Å²) in [5, 5.41) is 6.39. The molecule has 2 N–H and O–H groups in total. The number of nitrogens with one attached hydrogen (secondary N) is 2. The predicted octanol–water partition coefficient (Wildman–Crippen LogP) is 1.90. The number of hydrogen-bond donors (Lipinski definition) is 2. The molecule has 1 aliphatic rings. The Hall–Kier alpha value is -1.85. The summed E-state index contributed by atoms with van der Waals surface area (Å²) < 4.78 is 0. The topological polar surface area (TPSA) is 70.1 Å². The van der Waals surface area contributed by atoms with E-state index in [1.807, 2.05) is 11.9 Å². The number of nitrogens with zero attached hydrogens (tertiary/aromatic N) is 3. The van der Waals surface area contributed by atoms with Crippen molar-refractivity contribution in [1.29, 1.82) is 0 Å². The third kappa shape index (κ3) is 4.06. The van der Waals surface area contributed by atoms with E-state index in [1.165, 1.54) is 0 Å². The van der Waals surface area contributed by atoms with Gasteiger partial charge >= 0.3 is 0 Å². The monoisotopic (exact) mass is 291 g/mol. The Bertz CT molecular complexity index is 471. The van der Waals surface area contributed by atoms with E-state index in [2.05, 4.69) is 27.5 Å². The van der Waals surface area contributed by atoms with Crippen LogP contribution in [0, 0.1) is 0 Å². The molecule has 116 valence electrons. The quantitative estimate of drug-likeness (QED) is 0.803. The third-order valence-corrected chi connectivity index (χ3v) is 3.77. The van der Waals surface area contributed by atoms with Crippen LogP contribution >= 0.6 is 0 Å². The van der Waals surface area contributed by atoms with Gasteiger partial charge in [-0.1, -0.05) is 13.3 Å². The van der Waals surface area contributed by atoms with Gasteiger partial charge in [-0.05, 0) is 19.3 Å². The summed E-state index contributed by atoms with van der Waals surface area (Å²) in [6.45, 7) is 4.58. The van der Waals surface area contributed by atoms with Crippen LogP contribution in [-0.2, 0) is 11.2 Å². The zero-order valence-corrected chi connectivity index (χ0v) is 13.0. The van der Waals surface area contributed by atoms with Crippen LogP contribution in [0.15, 0.2) is 6.33 Å². The minimum absolute atomic E-state index is 0.236. The lowest BCUT2D eigenvalue weighted by Gasteiger charge is -2.16. The van der Waals surface area contributed by atoms with Gasteiger partial charge in [-0.25, -0.2) is 9.97 Å². The molecule has 0 spiro atoms.